The predicted molar refractivity (Wildman–Crippen MR) is 136 cm³/mol. The van der Waals surface area contributed by atoms with Crippen molar-refractivity contribution in [3.05, 3.63) is 82.4 Å². The molecule has 0 saturated carbocycles. The Morgan fingerprint density at radius 1 is 1.11 bits per heavy atom. The SMILES string of the molecule is C=CCn1c(SCc2ccccc2C(=O)N2CCN(CC)CC2)nnc1-c1ccc([N+](=O)[O-])cc1. The molecule has 9 nitrogen and oxygen atoms in total. The molecule has 0 aliphatic carbocycles. The topological polar surface area (TPSA) is 97.4 Å². The number of thioether (sulfide) groups is 1. The van der Waals surface area contributed by atoms with Gasteiger partial charge in [-0.05, 0) is 30.3 Å². The van der Waals surface area contributed by atoms with E-state index in [-0.39, 0.29) is 11.6 Å². The number of allylic oxidation sites excluding steroid dienone is 1. The molecule has 2 heterocycles. The van der Waals surface area contributed by atoms with Crippen LogP contribution in [-0.2, 0) is 12.3 Å². The highest BCUT2D eigenvalue weighted by Gasteiger charge is 2.23. The van der Waals surface area contributed by atoms with Crippen molar-refractivity contribution in [3.63, 3.8) is 0 Å². The maximum absolute atomic E-state index is 13.3. The van der Waals surface area contributed by atoms with Gasteiger partial charge in [-0.2, -0.15) is 0 Å². The molecule has 0 N–H and O–H groups in total. The van der Waals surface area contributed by atoms with Crippen molar-refractivity contribution in [2.75, 3.05) is 32.7 Å². The van der Waals surface area contributed by atoms with Gasteiger partial charge < -0.3 is 9.80 Å². The third-order valence-corrected chi connectivity index (χ3v) is 7.09. The first-order valence-corrected chi connectivity index (χ1v) is 12.5. The highest BCUT2D eigenvalue weighted by atomic mass is 32.2. The Balaban J connectivity index is 1.52. The van der Waals surface area contributed by atoms with E-state index < -0.39 is 4.92 Å². The molecule has 1 fully saturated rings. The van der Waals surface area contributed by atoms with E-state index in [2.05, 4.69) is 28.6 Å². The van der Waals surface area contributed by atoms with E-state index in [4.69, 9.17) is 0 Å². The summed E-state index contributed by atoms with van der Waals surface area (Å²) in [6.45, 7) is 10.7. The van der Waals surface area contributed by atoms with E-state index in [1.54, 1.807) is 18.2 Å². The second kappa shape index (κ2) is 11.3. The number of hydrogen-bond donors (Lipinski definition) is 0. The molecule has 182 valence electrons. The Labute approximate surface area is 208 Å². The van der Waals surface area contributed by atoms with Crippen LogP contribution in [-0.4, -0.2) is 68.1 Å². The molecule has 0 atom stereocenters. The van der Waals surface area contributed by atoms with Gasteiger partial charge in [0.05, 0.1) is 4.92 Å². The van der Waals surface area contributed by atoms with Crippen LogP contribution in [0.15, 0.2) is 66.3 Å². The van der Waals surface area contributed by atoms with Crippen molar-refractivity contribution in [1.82, 2.24) is 24.6 Å². The predicted octanol–water partition coefficient (Wildman–Crippen LogP) is 4.11. The molecular formula is C25H28N6O3S. The molecule has 1 saturated heterocycles. The summed E-state index contributed by atoms with van der Waals surface area (Å²) in [4.78, 5) is 28.1. The average Bonchev–Trinajstić information content (AvgIpc) is 3.30. The van der Waals surface area contributed by atoms with Gasteiger partial charge >= 0.3 is 0 Å². The van der Waals surface area contributed by atoms with Crippen molar-refractivity contribution in [2.24, 2.45) is 0 Å². The molecule has 0 unspecified atom stereocenters. The summed E-state index contributed by atoms with van der Waals surface area (Å²) in [6.07, 6.45) is 1.76. The van der Waals surface area contributed by atoms with Gasteiger partial charge in [0.15, 0.2) is 11.0 Å². The summed E-state index contributed by atoms with van der Waals surface area (Å²) in [5.41, 5.74) is 2.43. The lowest BCUT2D eigenvalue weighted by molar-refractivity contribution is -0.384. The molecular weight excluding hydrogens is 464 g/mol. The largest absolute Gasteiger partial charge is 0.336 e. The van der Waals surface area contributed by atoms with Crippen LogP contribution in [0.25, 0.3) is 11.4 Å². The molecule has 1 aromatic heterocycles. The number of non-ortho nitro benzene ring substituents is 1. The number of nitro benzene ring substituents is 1. The number of rotatable bonds is 9. The number of hydrogen-bond acceptors (Lipinski definition) is 7. The quantitative estimate of drug-likeness (QED) is 0.192. The Morgan fingerprint density at radius 2 is 1.83 bits per heavy atom. The molecule has 2 aromatic carbocycles. The second-order valence-corrected chi connectivity index (χ2v) is 9.12. The smallest absolute Gasteiger partial charge is 0.269 e. The van der Waals surface area contributed by atoms with E-state index >= 15 is 0 Å². The molecule has 3 aromatic rings. The molecule has 4 rings (SSSR count). The van der Waals surface area contributed by atoms with E-state index in [0.29, 0.717) is 23.3 Å². The monoisotopic (exact) mass is 492 g/mol. The number of benzene rings is 2. The summed E-state index contributed by atoms with van der Waals surface area (Å²) < 4.78 is 1.92. The fourth-order valence-corrected chi connectivity index (χ4v) is 5.02. The van der Waals surface area contributed by atoms with Crippen molar-refractivity contribution in [1.29, 1.82) is 0 Å². The Hall–Kier alpha value is -3.50. The van der Waals surface area contributed by atoms with Gasteiger partial charge in [0, 0.05) is 61.7 Å². The van der Waals surface area contributed by atoms with Crippen LogP contribution in [0, 0.1) is 10.1 Å². The number of nitrogens with zero attached hydrogens (tertiary/aromatic N) is 6. The zero-order valence-corrected chi connectivity index (χ0v) is 20.5. The first-order chi connectivity index (χ1) is 17.0. The molecule has 10 heteroatoms. The maximum atomic E-state index is 13.3. The van der Waals surface area contributed by atoms with Gasteiger partial charge in [-0.15, -0.1) is 16.8 Å². The van der Waals surface area contributed by atoms with Crippen molar-refractivity contribution in [3.8, 4) is 11.4 Å². The minimum atomic E-state index is -0.429. The highest BCUT2D eigenvalue weighted by Crippen LogP contribution is 2.29. The Bertz CT molecular complexity index is 1200. The Kier molecular flexibility index (Phi) is 7.94. The van der Waals surface area contributed by atoms with Crippen molar-refractivity contribution >= 4 is 23.4 Å². The zero-order valence-electron chi connectivity index (χ0n) is 19.7. The minimum absolute atomic E-state index is 0.0236. The van der Waals surface area contributed by atoms with E-state index in [0.717, 1.165) is 49.4 Å². The number of likely N-dealkylation sites (N-methyl/N-ethyl adjacent to an activating group) is 1. The summed E-state index contributed by atoms with van der Waals surface area (Å²) in [5, 5.41) is 20.4. The zero-order chi connectivity index (χ0) is 24.8. The van der Waals surface area contributed by atoms with E-state index in [1.165, 1.54) is 23.9 Å². The Morgan fingerprint density at radius 3 is 2.49 bits per heavy atom. The van der Waals surface area contributed by atoms with Crippen molar-refractivity contribution < 1.29 is 9.72 Å². The van der Waals surface area contributed by atoms with Gasteiger partial charge in [-0.3, -0.25) is 19.5 Å². The van der Waals surface area contributed by atoms with Crippen LogP contribution in [0.3, 0.4) is 0 Å². The third kappa shape index (κ3) is 5.60. The fraction of sp³-hybridized carbons (Fsp3) is 0.320. The van der Waals surface area contributed by atoms with Gasteiger partial charge in [0.25, 0.3) is 11.6 Å². The number of nitro groups is 1. The number of amides is 1. The highest BCUT2D eigenvalue weighted by molar-refractivity contribution is 7.98. The molecule has 1 amide bonds. The van der Waals surface area contributed by atoms with Crippen LogP contribution < -0.4 is 0 Å². The van der Waals surface area contributed by atoms with Crippen LogP contribution >= 0.6 is 11.8 Å². The maximum Gasteiger partial charge on any atom is 0.269 e. The lowest BCUT2D eigenvalue weighted by Crippen LogP contribution is -2.48. The number of piperazine rings is 1. The standard InChI is InChI=1S/C25H28N6O3S/c1-3-13-30-23(19-9-11-21(12-10-19)31(33)34)26-27-25(30)35-18-20-7-5-6-8-22(20)24(32)29-16-14-28(4-2)15-17-29/h3,5-12H,1,4,13-18H2,2H3. The molecule has 0 radical (unpaired) electrons. The summed E-state index contributed by atoms with van der Waals surface area (Å²) >= 11 is 1.50. The molecule has 0 spiro atoms. The number of carbonyl (C=O) groups excluding carboxylic acids is 1. The molecule has 35 heavy (non-hydrogen) atoms. The van der Waals surface area contributed by atoms with Crippen LogP contribution in [0.2, 0.25) is 0 Å². The number of aromatic nitrogens is 3. The van der Waals surface area contributed by atoms with Crippen molar-refractivity contribution in [2.45, 2.75) is 24.4 Å². The first-order valence-electron chi connectivity index (χ1n) is 11.5. The first kappa shape index (κ1) is 24.6. The third-order valence-electron chi connectivity index (χ3n) is 6.08. The van der Waals surface area contributed by atoms with Gasteiger partial charge in [0.1, 0.15) is 0 Å². The van der Waals surface area contributed by atoms with Crippen LogP contribution in [0.4, 0.5) is 5.69 Å². The van der Waals surface area contributed by atoms with E-state index in [9.17, 15) is 14.9 Å². The average molecular weight is 493 g/mol. The van der Waals surface area contributed by atoms with Crippen LogP contribution in [0.1, 0.15) is 22.8 Å². The van der Waals surface area contributed by atoms with Gasteiger partial charge in [-0.25, -0.2) is 0 Å². The lowest BCUT2D eigenvalue weighted by atomic mass is 10.1. The fourth-order valence-electron chi connectivity index (χ4n) is 4.07. The molecule has 0 bridgehead atoms. The van der Waals surface area contributed by atoms with Crippen LogP contribution in [0.5, 0.6) is 0 Å². The second-order valence-electron chi connectivity index (χ2n) is 8.18. The minimum Gasteiger partial charge on any atom is -0.336 e. The van der Waals surface area contributed by atoms with Gasteiger partial charge in [-0.1, -0.05) is 43.0 Å². The molecule has 1 aliphatic rings. The lowest BCUT2D eigenvalue weighted by Gasteiger charge is -2.34. The normalized spacial score (nSPS) is 14.1. The van der Waals surface area contributed by atoms with E-state index in [1.807, 2.05) is 33.7 Å². The summed E-state index contributed by atoms with van der Waals surface area (Å²) in [7, 11) is 0. The summed E-state index contributed by atoms with van der Waals surface area (Å²) in [5.74, 6) is 1.24. The number of carbonyl (C=O) groups is 1. The molecule has 1 aliphatic heterocycles. The summed E-state index contributed by atoms with van der Waals surface area (Å²) in [6, 6.07) is 14.0. The van der Waals surface area contributed by atoms with Gasteiger partial charge in [0.2, 0.25) is 0 Å².